The van der Waals surface area contributed by atoms with Gasteiger partial charge in [-0.2, -0.15) is 0 Å². The Labute approximate surface area is 98.7 Å². The van der Waals surface area contributed by atoms with E-state index in [2.05, 4.69) is 0 Å². The van der Waals surface area contributed by atoms with Gasteiger partial charge < -0.3 is 0 Å². The summed E-state index contributed by atoms with van der Waals surface area (Å²) in [4.78, 5) is 21.0. The number of hydrogen-bond acceptors (Lipinski definition) is 3. The minimum atomic E-state index is -0.734. The molecule has 0 spiro atoms. The van der Waals surface area contributed by atoms with Crippen LogP contribution in [0, 0.1) is 10.1 Å². The minimum absolute atomic E-state index is 0.0737. The lowest BCUT2D eigenvalue weighted by atomic mass is 10.2. The normalized spacial score (nSPS) is 13.7. The number of hydrogen-bond donors (Lipinski definition) is 0. The lowest BCUT2D eigenvalue weighted by Crippen LogP contribution is -1.99. The largest absolute Gasteiger partial charge is 0.276 e. The van der Waals surface area contributed by atoms with Crippen molar-refractivity contribution in [2.75, 3.05) is 0 Å². The molecular formula is C11H12ClNO3. The van der Waals surface area contributed by atoms with E-state index in [4.69, 9.17) is 11.6 Å². The third-order valence-electron chi connectivity index (χ3n) is 1.55. The van der Waals surface area contributed by atoms with Gasteiger partial charge in [-0.25, -0.2) is 0 Å². The molecule has 0 N–H and O–H groups in total. The molecule has 0 rings (SSSR count). The molecule has 0 aromatic carbocycles. The highest BCUT2D eigenvalue weighted by Gasteiger charge is 2.10. The molecule has 0 bridgehead atoms. The van der Waals surface area contributed by atoms with E-state index in [-0.39, 0.29) is 11.3 Å². The van der Waals surface area contributed by atoms with Crippen molar-refractivity contribution in [2.24, 2.45) is 0 Å². The van der Waals surface area contributed by atoms with E-state index in [1.165, 1.54) is 18.2 Å². The molecule has 0 unspecified atom stereocenters. The maximum Gasteiger partial charge on any atom is 0.269 e. The smallest absolute Gasteiger partial charge is 0.269 e. The molecule has 0 aromatic rings. The Bertz CT molecular complexity index is 392. The van der Waals surface area contributed by atoms with E-state index >= 15 is 0 Å². The third kappa shape index (κ3) is 5.26. The summed E-state index contributed by atoms with van der Waals surface area (Å²) in [5.74, 6) is 0. The molecule has 5 heteroatoms. The second-order valence-electron chi connectivity index (χ2n) is 2.75. The van der Waals surface area contributed by atoms with Crippen molar-refractivity contribution in [3.63, 3.8) is 0 Å². The molecule has 0 saturated heterocycles. The van der Waals surface area contributed by atoms with Gasteiger partial charge in [-0.3, -0.25) is 14.9 Å². The lowest BCUT2D eigenvalue weighted by Gasteiger charge is -1.93. The van der Waals surface area contributed by atoms with Crippen molar-refractivity contribution in [1.29, 1.82) is 0 Å². The number of halogens is 1. The van der Waals surface area contributed by atoms with Crippen molar-refractivity contribution in [3.8, 4) is 0 Å². The number of rotatable bonds is 5. The number of carbonyl (C=O) groups excluding carboxylic acids is 1. The third-order valence-corrected chi connectivity index (χ3v) is 1.77. The molecule has 0 heterocycles. The molecule has 0 amide bonds. The van der Waals surface area contributed by atoms with Gasteiger partial charge in [0.25, 0.3) is 10.9 Å². The molecule has 0 aliphatic carbocycles. The number of carbonyl (C=O) groups is 1. The average Bonchev–Trinajstić information content (AvgIpc) is 2.21. The molecule has 0 atom stereocenters. The molecule has 0 aliphatic heterocycles. The Hall–Kier alpha value is -1.68. The maximum absolute atomic E-state index is 11.0. The van der Waals surface area contributed by atoms with Gasteiger partial charge >= 0.3 is 0 Å². The van der Waals surface area contributed by atoms with Crippen LogP contribution >= 0.6 is 11.6 Å². The fraction of sp³-hybridized carbons (Fsp3) is 0.182. The summed E-state index contributed by atoms with van der Waals surface area (Å²) in [6, 6.07) is 0. The van der Waals surface area contributed by atoms with E-state index in [9.17, 15) is 14.9 Å². The molecule has 0 saturated carbocycles. The van der Waals surface area contributed by atoms with Crippen molar-refractivity contribution in [2.45, 2.75) is 13.8 Å². The topological polar surface area (TPSA) is 60.2 Å². The van der Waals surface area contributed by atoms with Gasteiger partial charge in [0.05, 0.1) is 4.92 Å². The van der Waals surface area contributed by atoms with Gasteiger partial charge in [0.2, 0.25) is 0 Å². The van der Waals surface area contributed by atoms with Crippen LogP contribution in [0.1, 0.15) is 13.8 Å². The molecular weight excluding hydrogens is 230 g/mol. The molecule has 16 heavy (non-hydrogen) atoms. The lowest BCUT2D eigenvalue weighted by molar-refractivity contribution is -0.419. The molecule has 0 aliphatic rings. The summed E-state index contributed by atoms with van der Waals surface area (Å²) >= 11 is 5.30. The fourth-order valence-corrected chi connectivity index (χ4v) is 0.980. The van der Waals surface area contributed by atoms with Crippen LogP contribution in [0.15, 0.2) is 47.7 Å². The summed E-state index contributed by atoms with van der Waals surface area (Å²) in [6.45, 7) is 3.41. The summed E-state index contributed by atoms with van der Waals surface area (Å²) in [6.07, 6.45) is 8.64. The Balaban J connectivity index is 5.31. The highest BCUT2D eigenvalue weighted by atomic mass is 35.5. The van der Waals surface area contributed by atoms with Gasteiger partial charge in [0.1, 0.15) is 0 Å². The Morgan fingerprint density at radius 2 is 1.94 bits per heavy atom. The number of allylic oxidation sites excluding steroid dienone is 7. The molecule has 0 radical (unpaired) electrons. The van der Waals surface area contributed by atoms with E-state index in [0.29, 0.717) is 0 Å². The van der Waals surface area contributed by atoms with E-state index in [1.54, 1.807) is 26.0 Å². The van der Waals surface area contributed by atoms with Crippen LogP contribution in [-0.4, -0.2) is 10.2 Å². The van der Waals surface area contributed by atoms with Crippen LogP contribution in [-0.2, 0) is 4.79 Å². The van der Waals surface area contributed by atoms with Crippen LogP contribution in [0.5, 0.6) is 0 Å². The summed E-state index contributed by atoms with van der Waals surface area (Å²) < 4.78 is 0. The monoisotopic (exact) mass is 241 g/mol. The second-order valence-corrected chi connectivity index (χ2v) is 3.09. The van der Waals surface area contributed by atoms with Gasteiger partial charge in [-0.15, -0.1) is 0 Å². The van der Waals surface area contributed by atoms with Crippen LogP contribution in [0.3, 0.4) is 0 Å². The summed E-state index contributed by atoms with van der Waals surface area (Å²) in [5, 5.41) is 9.87. The van der Waals surface area contributed by atoms with Gasteiger partial charge in [-0.1, -0.05) is 24.3 Å². The zero-order chi connectivity index (χ0) is 12.6. The van der Waals surface area contributed by atoms with Crippen molar-refractivity contribution in [3.05, 3.63) is 57.8 Å². The van der Waals surface area contributed by atoms with Gasteiger partial charge in [0, 0.05) is 17.7 Å². The van der Waals surface area contributed by atoms with Gasteiger partial charge in [0.15, 0.2) is 0 Å². The highest BCUT2D eigenvalue weighted by molar-refractivity contribution is 6.68. The van der Waals surface area contributed by atoms with Crippen LogP contribution in [0.25, 0.3) is 0 Å². The summed E-state index contributed by atoms with van der Waals surface area (Å²) in [5.41, 5.74) is -0.114. The van der Waals surface area contributed by atoms with E-state index in [0.717, 1.165) is 6.08 Å². The quantitative estimate of drug-likeness (QED) is 0.244. The Morgan fingerprint density at radius 1 is 1.31 bits per heavy atom. The zero-order valence-electron chi connectivity index (χ0n) is 9.01. The van der Waals surface area contributed by atoms with E-state index in [1.807, 2.05) is 0 Å². The van der Waals surface area contributed by atoms with Crippen LogP contribution in [0.2, 0.25) is 0 Å². The molecule has 86 valence electrons. The van der Waals surface area contributed by atoms with Gasteiger partial charge in [-0.05, 0) is 25.4 Å². The predicted octanol–water partition coefficient (Wildman–Crippen LogP) is 2.99. The number of nitro groups is 1. The first-order valence-corrected chi connectivity index (χ1v) is 4.92. The first kappa shape index (κ1) is 14.3. The van der Waals surface area contributed by atoms with E-state index < -0.39 is 10.2 Å². The summed E-state index contributed by atoms with van der Waals surface area (Å²) in [7, 11) is 0. The first-order valence-electron chi connectivity index (χ1n) is 4.54. The van der Waals surface area contributed by atoms with Crippen LogP contribution in [0.4, 0.5) is 0 Å². The van der Waals surface area contributed by atoms with Crippen LogP contribution < -0.4 is 0 Å². The fourth-order valence-electron chi connectivity index (χ4n) is 0.862. The SMILES string of the molecule is C\C=C/C(=C\C(=C/C=C/C)C(=O)Cl)[N+](=O)[O-]. The highest BCUT2D eigenvalue weighted by Crippen LogP contribution is 2.09. The minimum Gasteiger partial charge on any atom is -0.276 e. The second kappa shape index (κ2) is 7.59. The predicted molar refractivity (Wildman–Crippen MR) is 63.6 cm³/mol. The zero-order valence-corrected chi connectivity index (χ0v) is 9.77. The number of nitrogens with zero attached hydrogens (tertiary/aromatic N) is 1. The average molecular weight is 242 g/mol. The standard InChI is InChI=1S/C11H12ClNO3/c1-3-5-7-9(11(12)14)8-10(6-4-2)13(15)16/h3-8H,1-2H3/b5-3+,6-4-,9-7+,10-8+. The van der Waals surface area contributed by atoms with Crippen molar-refractivity contribution >= 4 is 16.8 Å². The maximum atomic E-state index is 11.0. The Kier molecular flexibility index (Phi) is 6.79. The van der Waals surface area contributed by atoms with Crippen molar-refractivity contribution in [1.82, 2.24) is 0 Å². The Morgan fingerprint density at radius 3 is 2.31 bits per heavy atom. The first-order chi connectivity index (χ1) is 7.52. The molecule has 0 fully saturated rings. The van der Waals surface area contributed by atoms with Crippen molar-refractivity contribution < 1.29 is 9.72 Å². The molecule has 4 nitrogen and oxygen atoms in total. The molecule has 0 aromatic heterocycles.